The fourth-order valence-corrected chi connectivity index (χ4v) is 6.65. The number of carbonyl (C=O) groups excluding carboxylic acids is 1. The van der Waals surface area contributed by atoms with Crippen molar-refractivity contribution < 1.29 is 56.2 Å². The SMILES string of the molecule is CC/C=C\C/C=C\C/C=C\C/C=C\C/C=C\C/C=C\C/C=C\CCCC(=O)OC(COCCCCCC/C=C\C/C=C\C/C=C\CC)COC1OC(CO)C(O)C(OS(=O)(=O)O)C1O. The van der Waals surface area contributed by atoms with E-state index in [1.165, 1.54) is 0 Å². The molecule has 64 heavy (non-hydrogen) atoms. The summed E-state index contributed by atoms with van der Waals surface area (Å²) in [5.41, 5.74) is 0. The first-order valence-electron chi connectivity index (χ1n) is 23.3. The second-order valence-electron chi connectivity index (χ2n) is 15.2. The molecule has 0 aliphatic carbocycles. The van der Waals surface area contributed by atoms with Crippen LogP contribution in [0.15, 0.2) is 122 Å². The van der Waals surface area contributed by atoms with Gasteiger partial charge in [0.25, 0.3) is 0 Å². The van der Waals surface area contributed by atoms with Gasteiger partial charge in [0.2, 0.25) is 0 Å². The van der Waals surface area contributed by atoms with Crippen LogP contribution in [0.25, 0.3) is 0 Å². The predicted molar refractivity (Wildman–Crippen MR) is 257 cm³/mol. The molecule has 13 heteroatoms. The van der Waals surface area contributed by atoms with Crippen LogP contribution in [0.5, 0.6) is 0 Å². The van der Waals surface area contributed by atoms with E-state index < -0.39 is 59.8 Å². The minimum absolute atomic E-state index is 0.0120. The van der Waals surface area contributed by atoms with Crippen molar-refractivity contribution in [2.45, 2.75) is 166 Å². The molecule has 0 saturated carbocycles. The highest BCUT2D eigenvalue weighted by Gasteiger charge is 2.48. The summed E-state index contributed by atoms with van der Waals surface area (Å²) in [6, 6.07) is 0. The Labute approximate surface area is 385 Å². The number of allylic oxidation sites excluding steroid dienone is 20. The summed E-state index contributed by atoms with van der Waals surface area (Å²) < 4.78 is 59.0. The monoisotopic (exact) mass is 917 g/mol. The first-order chi connectivity index (χ1) is 31.1. The summed E-state index contributed by atoms with van der Waals surface area (Å²) in [5, 5.41) is 30.7. The van der Waals surface area contributed by atoms with Crippen LogP contribution < -0.4 is 0 Å². The molecule has 0 spiro atoms. The lowest BCUT2D eigenvalue weighted by molar-refractivity contribution is -0.301. The van der Waals surface area contributed by atoms with E-state index in [9.17, 15) is 28.5 Å². The minimum atomic E-state index is -5.08. The summed E-state index contributed by atoms with van der Waals surface area (Å²) in [6.45, 7) is 3.60. The van der Waals surface area contributed by atoms with Crippen LogP contribution in [0.2, 0.25) is 0 Å². The van der Waals surface area contributed by atoms with Crippen molar-refractivity contribution >= 4 is 16.4 Å². The molecule has 0 bridgehead atoms. The molecule has 362 valence electrons. The summed E-state index contributed by atoms with van der Waals surface area (Å²) in [4.78, 5) is 12.8. The van der Waals surface area contributed by atoms with Gasteiger partial charge in [-0.25, -0.2) is 4.18 Å². The molecule has 0 amide bonds. The van der Waals surface area contributed by atoms with E-state index in [0.717, 1.165) is 96.3 Å². The number of hydrogen-bond donors (Lipinski definition) is 4. The Balaban J connectivity index is 2.48. The van der Waals surface area contributed by atoms with Crippen molar-refractivity contribution in [3.8, 4) is 0 Å². The van der Waals surface area contributed by atoms with Crippen LogP contribution in [0.3, 0.4) is 0 Å². The molecular weight excluding hydrogens is 837 g/mol. The Bertz CT molecular complexity index is 1570. The normalized spacial score (nSPS) is 20.9. The Morgan fingerprint density at radius 3 is 1.48 bits per heavy atom. The zero-order chi connectivity index (χ0) is 46.8. The lowest BCUT2D eigenvalue weighted by Crippen LogP contribution is -2.60. The molecule has 1 saturated heterocycles. The lowest BCUT2D eigenvalue weighted by atomic mass is 9.99. The first-order valence-corrected chi connectivity index (χ1v) is 24.7. The number of rotatable bonds is 38. The van der Waals surface area contributed by atoms with E-state index in [0.29, 0.717) is 19.4 Å². The summed E-state index contributed by atoms with van der Waals surface area (Å²) in [5.74, 6) is -0.471. The Morgan fingerprint density at radius 2 is 1.03 bits per heavy atom. The average molecular weight is 917 g/mol. The molecule has 12 nitrogen and oxygen atoms in total. The highest BCUT2D eigenvalue weighted by molar-refractivity contribution is 7.80. The van der Waals surface area contributed by atoms with Crippen molar-refractivity contribution in [1.82, 2.24) is 0 Å². The number of ether oxygens (including phenoxy) is 4. The van der Waals surface area contributed by atoms with Gasteiger partial charge in [0.05, 0.1) is 19.8 Å². The highest BCUT2D eigenvalue weighted by Crippen LogP contribution is 2.26. The molecule has 1 aliphatic heterocycles. The maximum Gasteiger partial charge on any atom is 0.397 e. The number of carbonyl (C=O) groups is 1. The van der Waals surface area contributed by atoms with Crippen LogP contribution in [-0.4, -0.2) is 97.5 Å². The maximum absolute atomic E-state index is 12.8. The first kappa shape index (κ1) is 58.5. The molecule has 0 aromatic carbocycles. The zero-order valence-electron chi connectivity index (χ0n) is 38.5. The molecule has 0 radical (unpaired) electrons. The largest absolute Gasteiger partial charge is 0.457 e. The molecule has 4 N–H and O–H groups in total. The molecule has 1 aliphatic rings. The maximum atomic E-state index is 12.8. The van der Waals surface area contributed by atoms with E-state index in [1.54, 1.807) is 0 Å². The second kappa shape index (κ2) is 41.0. The van der Waals surface area contributed by atoms with Crippen LogP contribution in [0, 0.1) is 0 Å². The quantitative estimate of drug-likeness (QED) is 0.0200. The molecule has 0 aromatic rings. The fraction of sp³-hybridized carbons (Fsp3) is 0.588. The lowest BCUT2D eigenvalue weighted by Gasteiger charge is -2.41. The average Bonchev–Trinajstić information content (AvgIpc) is 3.27. The third kappa shape index (κ3) is 33.9. The topological polar surface area (TPSA) is 178 Å². The molecule has 6 atom stereocenters. The van der Waals surface area contributed by atoms with Gasteiger partial charge in [-0.3, -0.25) is 9.35 Å². The van der Waals surface area contributed by atoms with Gasteiger partial charge in [-0.1, -0.05) is 148 Å². The van der Waals surface area contributed by atoms with E-state index in [2.05, 4.69) is 133 Å². The van der Waals surface area contributed by atoms with Gasteiger partial charge in [-0.05, 0) is 96.3 Å². The highest BCUT2D eigenvalue weighted by atomic mass is 32.3. The van der Waals surface area contributed by atoms with Crippen LogP contribution >= 0.6 is 0 Å². The third-order valence-electron chi connectivity index (χ3n) is 9.58. The van der Waals surface area contributed by atoms with Crippen molar-refractivity contribution in [2.24, 2.45) is 0 Å². The van der Waals surface area contributed by atoms with Gasteiger partial charge in [0, 0.05) is 13.0 Å². The van der Waals surface area contributed by atoms with Gasteiger partial charge in [-0.15, -0.1) is 0 Å². The molecule has 1 rings (SSSR count). The number of unbranched alkanes of at least 4 members (excludes halogenated alkanes) is 5. The second-order valence-corrected chi connectivity index (χ2v) is 16.3. The van der Waals surface area contributed by atoms with E-state index in [4.69, 9.17) is 23.5 Å². The van der Waals surface area contributed by atoms with Crippen LogP contribution in [0.4, 0.5) is 0 Å². The standard InChI is InChI=1S/C51H80O12S/c1-3-5-7-9-11-13-15-17-19-20-21-22-23-24-25-26-27-28-30-32-34-36-38-40-47(53)61-45(43-59-41-39-37-35-33-31-29-18-16-14-12-10-8-6-4-2)44-60-51-49(55)50(63-64(56,57)58)48(54)46(42-52)62-51/h5-8,11-14,17-19,21-22,24-25,27-29,32,34,45-46,48-52,54-55H,3-4,9-10,15-16,20,23,26,30-31,33,35-44H2,1-2H3,(H,56,57,58)/b7-5-,8-6-,13-11-,14-12-,19-17-,22-21-,25-24-,28-27-,29-18-,34-32-. The third-order valence-corrected chi connectivity index (χ3v) is 10.0. The van der Waals surface area contributed by atoms with Crippen molar-refractivity contribution in [1.29, 1.82) is 0 Å². The van der Waals surface area contributed by atoms with Gasteiger partial charge in [0.1, 0.15) is 30.5 Å². The van der Waals surface area contributed by atoms with E-state index in [1.807, 2.05) is 6.08 Å². The molecule has 1 heterocycles. The zero-order valence-corrected chi connectivity index (χ0v) is 39.3. The van der Waals surface area contributed by atoms with Gasteiger partial charge in [0.15, 0.2) is 6.29 Å². The van der Waals surface area contributed by atoms with E-state index >= 15 is 0 Å². The molecule has 6 unspecified atom stereocenters. The van der Waals surface area contributed by atoms with Crippen molar-refractivity contribution in [3.63, 3.8) is 0 Å². The molecule has 0 aromatic heterocycles. The summed E-state index contributed by atoms with van der Waals surface area (Å²) in [7, 11) is -5.08. The van der Waals surface area contributed by atoms with E-state index in [-0.39, 0.29) is 19.6 Å². The molecule has 1 fully saturated rings. The minimum Gasteiger partial charge on any atom is -0.457 e. The van der Waals surface area contributed by atoms with Crippen molar-refractivity contribution in [2.75, 3.05) is 26.4 Å². The fourth-order valence-electron chi connectivity index (χ4n) is 6.14. The number of aliphatic hydroxyl groups is 3. The van der Waals surface area contributed by atoms with Crippen LogP contribution in [-0.2, 0) is 38.3 Å². The van der Waals surface area contributed by atoms with Crippen LogP contribution in [0.1, 0.15) is 129 Å². The number of esters is 1. The van der Waals surface area contributed by atoms with Gasteiger partial charge >= 0.3 is 16.4 Å². The van der Waals surface area contributed by atoms with Gasteiger partial charge < -0.3 is 34.3 Å². The summed E-state index contributed by atoms with van der Waals surface area (Å²) in [6.07, 6.45) is 49.5. The Kier molecular flexibility index (Phi) is 37.5. The Hall–Kier alpha value is -3.50. The number of aliphatic hydroxyl groups excluding tert-OH is 3. The van der Waals surface area contributed by atoms with Gasteiger partial charge in [-0.2, -0.15) is 8.42 Å². The summed E-state index contributed by atoms with van der Waals surface area (Å²) >= 11 is 0. The Morgan fingerprint density at radius 1 is 0.594 bits per heavy atom. The predicted octanol–water partition coefficient (Wildman–Crippen LogP) is 10.2. The van der Waals surface area contributed by atoms with Crippen molar-refractivity contribution in [3.05, 3.63) is 122 Å². The molecular formula is C51H80O12S. The smallest absolute Gasteiger partial charge is 0.397 e. The number of hydrogen-bond acceptors (Lipinski definition) is 11.